The first kappa shape index (κ1) is 15.6. The van der Waals surface area contributed by atoms with Gasteiger partial charge in [-0.25, -0.2) is 9.69 Å². The van der Waals surface area contributed by atoms with Gasteiger partial charge in [0.05, 0.1) is 22.4 Å². The molecule has 0 saturated carbocycles. The first-order valence-electron chi connectivity index (χ1n) is 7.24. The van der Waals surface area contributed by atoms with Crippen LogP contribution in [0.2, 0.25) is 0 Å². The number of ether oxygens (including phenoxy) is 1. The second kappa shape index (κ2) is 6.08. The van der Waals surface area contributed by atoms with Gasteiger partial charge in [0.25, 0.3) is 11.8 Å². The summed E-state index contributed by atoms with van der Waals surface area (Å²) in [6.07, 6.45) is 0. The highest BCUT2D eigenvalue weighted by molar-refractivity contribution is 6.35. The molecule has 120 valence electrons. The zero-order valence-electron chi connectivity index (χ0n) is 12.8. The molecule has 0 spiro atoms. The maximum Gasteiger partial charge on any atom is 0.340 e. The van der Waals surface area contributed by atoms with Gasteiger partial charge in [0, 0.05) is 0 Å². The fourth-order valence-electron chi connectivity index (χ4n) is 2.49. The number of hydrogen-bond donors (Lipinski definition) is 0. The Hall–Kier alpha value is -3.28. The number of para-hydroxylation sites is 1. The zero-order chi connectivity index (χ0) is 17.3. The normalized spacial score (nSPS) is 13.0. The molecule has 0 bridgehead atoms. The molecule has 3 rings (SSSR count). The molecule has 0 saturated heterocycles. The second-order valence-electron chi connectivity index (χ2n) is 5.29. The molecule has 1 aliphatic heterocycles. The number of carbonyl (C=O) groups excluding carboxylic acids is 4. The van der Waals surface area contributed by atoms with E-state index in [1.54, 1.807) is 36.4 Å². The fraction of sp³-hybridized carbons (Fsp3) is 0.111. The van der Waals surface area contributed by atoms with E-state index in [9.17, 15) is 19.2 Å². The van der Waals surface area contributed by atoms with E-state index < -0.39 is 17.8 Å². The van der Waals surface area contributed by atoms with Crippen LogP contribution in [0.3, 0.4) is 0 Å². The average molecular weight is 323 g/mol. The Kier molecular flexibility index (Phi) is 3.95. The number of Topliss-reactive ketones (excluding diaryl/α,β-unsaturated/α-hetero) is 1. The van der Waals surface area contributed by atoms with Crippen molar-refractivity contribution in [2.75, 3.05) is 11.5 Å². The molecule has 1 aliphatic rings. The number of benzene rings is 2. The van der Waals surface area contributed by atoms with E-state index in [1.165, 1.54) is 19.1 Å². The molecular weight excluding hydrogens is 310 g/mol. The Morgan fingerprint density at radius 2 is 1.46 bits per heavy atom. The molecule has 2 amide bonds. The van der Waals surface area contributed by atoms with E-state index in [1.807, 2.05) is 0 Å². The maximum absolute atomic E-state index is 12.5. The summed E-state index contributed by atoms with van der Waals surface area (Å²) in [6.45, 7) is 0.929. The molecule has 2 aromatic rings. The van der Waals surface area contributed by atoms with Crippen LogP contribution in [0.15, 0.2) is 48.5 Å². The minimum absolute atomic E-state index is 0.0493. The summed E-state index contributed by atoms with van der Waals surface area (Å²) in [6, 6.07) is 12.6. The number of esters is 1. The van der Waals surface area contributed by atoms with Gasteiger partial charge >= 0.3 is 5.97 Å². The van der Waals surface area contributed by atoms with Crippen molar-refractivity contribution in [2.24, 2.45) is 0 Å². The van der Waals surface area contributed by atoms with Crippen molar-refractivity contribution < 1.29 is 23.9 Å². The van der Waals surface area contributed by atoms with Crippen LogP contribution in [-0.4, -0.2) is 30.2 Å². The van der Waals surface area contributed by atoms with Crippen LogP contribution in [0.1, 0.15) is 38.0 Å². The first-order valence-corrected chi connectivity index (χ1v) is 7.24. The van der Waals surface area contributed by atoms with Gasteiger partial charge in [0.2, 0.25) is 0 Å². The molecule has 0 N–H and O–H groups in total. The summed E-state index contributed by atoms with van der Waals surface area (Å²) < 4.78 is 4.90. The van der Waals surface area contributed by atoms with E-state index in [0.29, 0.717) is 0 Å². The molecule has 0 radical (unpaired) electrons. The van der Waals surface area contributed by atoms with Crippen molar-refractivity contribution >= 4 is 29.3 Å². The lowest BCUT2D eigenvalue weighted by molar-refractivity contribution is -0.120. The quantitative estimate of drug-likeness (QED) is 0.636. The lowest BCUT2D eigenvalue weighted by atomic mass is 10.1. The van der Waals surface area contributed by atoms with Crippen molar-refractivity contribution in [3.8, 4) is 0 Å². The Bertz CT molecular complexity index is 836. The van der Waals surface area contributed by atoms with Crippen molar-refractivity contribution in [3.05, 3.63) is 65.2 Å². The number of imide groups is 1. The van der Waals surface area contributed by atoms with Crippen molar-refractivity contribution in [1.29, 1.82) is 0 Å². The molecule has 0 atom stereocenters. The Labute approximate surface area is 137 Å². The standard InChI is InChI=1S/C18H13NO5/c1-11(20)10-24-18(23)14-8-4-5-9-15(14)19-16(21)12-6-2-3-7-13(12)17(19)22/h2-9H,10H2,1H3. The lowest BCUT2D eigenvalue weighted by Gasteiger charge is -2.17. The van der Waals surface area contributed by atoms with Crippen LogP contribution in [0.4, 0.5) is 5.69 Å². The van der Waals surface area contributed by atoms with Crippen LogP contribution in [0.25, 0.3) is 0 Å². The number of fused-ring (bicyclic) bond motifs is 1. The van der Waals surface area contributed by atoms with E-state index in [-0.39, 0.29) is 34.8 Å². The molecular formula is C18H13NO5. The number of hydrogen-bond acceptors (Lipinski definition) is 5. The Morgan fingerprint density at radius 3 is 2.04 bits per heavy atom. The highest BCUT2D eigenvalue weighted by atomic mass is 16.5. The predicted molar refractivity (Wildman–Crippen MR) is 85.0 cm³/mol. The van der Waals surface area contributed by atoms with Crippen molar-refractivity contribution in [3.63, 3.8) is 0 Å². The van der Waals surface area contributed by atoms with Crippen LogP contribution < -0.4 is 4.90 Å². The highest BCUT2D eigenvalue weighted by Crippen LogP contribution is 2.30. The number of amides is 2. The van der Waals surface area contributed by atoms with E-state index in [2.05, 4.69) is 0 Å². The minimum atomic E-state index is -0.766. The van der Waals surface area contributed by atoms with Gasteiger partial charge in [-0.05, 0) is 31.2 Å². The molecule has 0 aliphatic carbocycles. The summed E-state index contributed by atoms with van der Waals surface area (Å²) >= 11 is 0. The molecule has 0 fully saturated rings. The first-order chi connectivity index (χ1) is 11.5. The van der Waals surface area contributed by atoms with Crippen LogP contribution in [0.5, 0.6) is 0 Å². The number of nitrogens with zero attached hydrogens (tertiary/aromatic N) is 1. The number of ketones is 1. The van der Waals surface area contributed by atoms with Gasteiger partial charge < -0.3 is 4.74 Å². The van der Waals surface area contributed by atoms with Crippen molar-refractivity contribution in [1.82, 2.24) is 0 Å². The predicted octanol–water partition coefficient (Wildman–Crippen LogP) is 2.23. The summed E-state index contributed by atoms with van der Waals surface area (Å²) in [5.41, 5.74) is 0.759. The van der Waals surface area contributed by atoms with Crippen molar-refractivity contribution in [2.45, 2.75) is 6.92 Å². The van der Waals surface area contributed by atoms with Gasteiger partial charge in [-0.15, -0.1) is 0 Å². The lowest BCUT2D eigenvalue weighted by Crippen LogP contribution is -2.31. The third-order valence-corrected chi connectivity index (χ3v) is 3.57. The largest absolute Gasteiger partial charge is 0.454 e. The third kappa shape index (κ3) is 2.58. The topological polar surface area (TPSA) is 80.8 Å². The second-order valence-corrected chi connectivity index (χ2v) is 5.29. The van der Waals surface area contributed by atoms with E-state index in [0.717, 1.165) is 4.90 Å². The minimum Gasteiger partial charge on any atom is -0.454 e. The molecule has 0 aromatic heterocycles. The number of carbonyl (C=O) groups is 4. The fourth-order valence-corrected chi connectivity index (χ4v) is 2.49. The molecule has 1 heterocycles. The SMILES string of the molecule is CC(=O)COC(=O)c1ccccc1N1C(=O)c2ccccc2C1=O. The number of rotatable bonds is 4. The van der Waals surface area contributed by atoms with Gasteiger partial charge in [-0.3, -0.25) is 14.4 Å². The third-order valence-electron chi connectivity index (χ3n) is 3.57. The molecule has 24 heavy (non-hydrogen) atoms. The highest BCUT2D eigenvalue weighted by Gasteiger charge is 2.38. The van der Waals surface area contributed by atoms with Crippen LogP contribution in [-0.2, 0) is 9.53 Å². The maximum atomic E-state index is 12.5. The van der Waals surface area contributed by atoms with E-state index >= 15 is 0 Å². The van der Waals surface area contributed by atoms with Crippen LogP contribution in [0, 0.1) is 0 Å². The van der Waals surface area contributed by atoms with Gasteiger partial charge in [0.15, 0.2) is 5.78 Å². The zero-order valence-corrected chi connectivity index (χ0v) is 12.8. The molecule has 2 aromatic carbocycles. The number of anilines is 1. The monoisotopic (exact) mass is 323 g/mol. The summed E-state index contributed by atoms with van der Waals surface area (Å²) in [5, 5.41) is 0. The van der Waals surface area contributed by atoms with E-state index in [4.69, 9.17) is 4.74 Å². The smallest absolute Gasteiger partial charge is 0.340 e. The van der Waals surface area contributed by atoms with Gasteiger partial charge in [-0.1, -0.05) is 24.3 Å². The molecule has 0 unspecified atom stereocenters. The Balaban J connectivity index is 2.00. The molecule has 6 nitrogen and oxygen atoms in total. The summed E-state index contributed by atoms with van der Waals surface area (Å²) in [7, 11) is 0. The van der Waals surface area contributed by atoms with Gasteiger partial charge in [-0.2, -0.15) is 0 Å². The summed E-state index contributed by atoms with van der Waals surface area (Å²) in [4.78, 5) is 49.2. The summed E-state index contributed by atoms with van der Waals surface area (Å²) in [5.74, 6) is -2.07. The Morgan fingerprint density at radius 1 is 0.917 bits per heavy atom. The molecule has 6 heteroatoms. The van der Waals surface area contributed by atoms with Gasteiger partial charge in [0.1, 0.15) is 6.61 Å². The average Bonchev–Trinajstić information content (AvgIpc) is 2.84. The van der Waals surface area contributed by atoms with Crippen LogP contribution >= 0.6 is 0 Å².